The van der Waals surface area contributed by atoms with Crippen LogP contribution in [0.3, 0.4) is 0 Å². The summed E-state index contributed by atoms with van der Waals surface area (Å²) in [6.45, 7) is 5.52. The summed E-state index contributed by atoms with van der Waals surface area (Å²) in [4.78, 5) is 34.5. The summed E-state index contributed by atoms with van der Waals surface area (Å²) in [5.74, 6) is 0.421. The molecule has 1 atom stereocenters. The van der Waals surface area contributed by atoms with Crippen molar-refractivity contribution >= 4 is 28.8 Å². The van der Waals surface area contributed by atoms with E-state index in [4.69, 9.17) is 9.47 Å². The van der Waals surface area contributed by atoms with Gasteiger partial charge in [0.1, 0.15) is 5.75 Å². The van der Waals surface area contributed by atoms with Gasteiger partial charge >= 0.3 is 5.97 Å². The Labute approximate surface area is 186 Å². The molecule has 0 N–H and O–H groups in total. The number of thioether (sulfide) groups is 1. The van der Waals surface area contributed by atoms with E-state index in [9.17, 15) is 9.59 Å². The number of fused-ring (bicyclic) bond motifs is 1. The Kier molecular flexibility index (Phi) is 6.36. The minimum Gasteiger partial charge on any atom is -0.497 e. The molecule has 0 aromatic heterocycles. The van der Waals surface area contributed by atoms with E-state index < -0.39 is 12.0 Å². The second kappa shape index (κ2) is 9.18. The van der Waals surface area contributed by atoms with Crippen LogP contribution in [-0.2, 0) is 14.3 Å². The molecule has 0 unspecified atom stereocenters. The standard InChI is InChI=1S/C23H27N3O4S/c1-4-30-22(28)20-15(2)24-23-26(21(20)16-8-7-9-18(12-16)29-3)17(14-31-23)13-19(27)25-10-5-6-11-25/h7-9,12,14,21H,4-6,10-11,13H2,1-3H3/t21-/m1/s1. The molecule has 31 heavy (non-hydrogen) atoms. The number of nitrogens with zero attached hydrogens (tertiary/aromatic N) is 3. The van der Waals surface area contributed by atoms with E-state index in [0.29, 0.717) is 17.0 Å². The quantitative estimate of drug-likeness (QED) is 0.625. The van der Waals surface area contributed by atoms with Crippen molar-refractivity contribution in [1.82, 2.24) is 9.80 Å². The summed E-state index contributed by atoms with van der Waals surface area (Å²) in [6, 6.07) is 7.22. The Balaban J connectivity index is 1.73. The summed E-state index contributed by atoms with van der Waals surface area (Å²) >= 11 is 1.48. The van der Waals surface area contributed by atoms with Crippen LogP contribution in [0.2, 0.25) is 0 Å². The van der Waals surface area contributed by atoms with Gasteiger partial charge in [0.2, 0.25) is 5.91 Å². The first-order chi connectivity index (χ1) is 15.0. The van der Waals surface area contributed by atoms with Crippen LogP contribution in [0.1, 0.15) is 44.7 Å². The van der Waals surface area contributed by atoms with Crippen molar-refractivity contribution in [2.75, 3.05) is 26.8 Å². The van der Waals surface area contributed by atoms with Crippen LogP contribution in [-0.4, -0.2) is 53.7 Å². The van der Waals surface area contributed by atoms with E-state index in [1.54, 1.807) is 14.0 Å². The predicted octanol–water partition coefficient (Wildman–Crippen LogP) is 3.85. The van der Waals surface area contributed by atoms with E-state index >= 15 is 0 Å². The van der Waals surface area contributed by atoms with Gasteiger partial charge in [-0.15, -0.1) is 0 Å². The summed E-state index contributed by atoms with van der Waals surface area (Å²) < 4.78 is 10.8. The number of esters is 1. The Bertz CT molecular complexity index is 979. The molecular weight excluding hydrogens is 414 g/mol. The normalized spacial score (nSPS) is 20.4. The third-order valence-electron chi connectivity index (χ3n) is 5.70. The van der Waals surface area contributed by atoms with Crippen molar-refractivity contribution in [2.24, 2.45) is 4.99 Å². The number of allylic oxidation sites excluding steroid dienone is 1. The number of aliphatic imine (C=N–C) groups is 1. The third-order valence-corrected chi connectivity index (χ3v) is 6.59. The van der Waals surface area contributed by atoms with Crippen molar-refractivity contribution in [1.29, 1.82) is 0 Å². The molecule has 1 aromatic rings. The Morgan fingerprint density at radius 3 is 2.74 bits per heavy atom. The molecule has 1 amide bonds. The van der Waals surface area contributed by atoms with Gasteiger partial charge in [-0.25, -0.2) is 9.79 Å². The monoisotopic (exact) mass is 441 g/mol. The van der Waals surface area contributed by atoms with E-state index in [2.05, 4.69) is 4.99 Å². The molecule has 1 saturated heterocycles. The molecular formula is C23H27N3O4S. The first-order valence-electron chi connectivity index (χ1n) is 10.6. The second-order valence-electron chi connectivity index (χ2n) is 7.65. The number of carbonyl (C=O) groups is 2. The molecule has 3 heterocycles. The van der Waals surface area contributed by atoms with Crippen molar-refractivity contribution in [3.8, 4) is 5.75 Å². The molecule has 3 aliphatic rings. The van der Waals surface area contributed by atoms with Crippen LogP contribution in [0, 0.1) is 0 Å². The van der Waals surface area contributed by atoms with Crippen LogP contribution in [0.4, 0.5) is 0 Å². The zero-order chi connectivity index (χ0) is 22.0. The highest BCUT2D eigenvalue weighted by Crippen LogP contribution is 2.45. The zero-order valence-electron chi connectivity index (χ0n) is 18.1. The van der Waals surface area contributed by atoms with Gasteiger partial charge in [0.15, 0.2) is 5.17 Å². The van der Waals surface area contributed by atoms with Crippen molar-refractivity contribution in [3.63, 3.8) is 0 Å². The molecule has 1 aromatic carbocycles. The lowest BCUT2D eigenvalue weighted by molar-refractivity contribution is -0.139. The number of rotatable bonds is 6. The summed E-state index contributed by atoms with van der Waals surface area (Å²) in [6.07, 6.45) is 2.39. The van der Waals surface area contributed by atoms with Gasteiger partial charge in [-0.3, -0.25) is 4.79 Å². The van der Waals surface area contributed by atoms with E-state index in [0.717, 1.165) is 42.4 Å². The van der Waals surface area contributed by atoms with Gasteiger partial charge in [0.25, 0.3) is 0 Å². The first kappa shape index (κ1) is 21.5. The number of hydrogen-bond donors (Lipinski definition) is 0. The lowest BCUT2D eigenvalue weighted by Gasteiger charge is -2.36. The molecule has 0 aliphatic carbocycles. The maximum atomic E-state index is 13.0. The Morgan fingerprint density at radius 1 is 1.26 bits per heavy atom. The van der Waals surface area contributed by atoms with Gasteiger partial charge < -0.3 is 19.3 Å². The molecule has 0 saturated carbocycles. The highest BCUT2D eigenvalue weighted by Gasteiger charge is 2.41. The Hall–Kier alpha value is -2.74. The molecule has 0 bridgehead atoms. The minimum absolute atomic E-state index is 0.110. The van der Waals surface area contributed by atoms with Crippen molar-refractivity contribution in [3.05, 3.63) is 52.2 Å². The maximum Gasteiger partial charge on any atom is 0.338 e. The minimum atomic E-state index is -0.436. The van der Waals surface area contributed by atoms with Crippen LogP contribution in [0.25, 0.3) is 0 Å². The maximum absolute atomic E-state index is 13.0. The highest BCUT2D eigenvalue weighted by atomic mass is 32.2. The van der Waals surface area contributed by atoms with Gasteiger partial charge in [-0.2, -0.15) is 0 Å². The van der Waals surface area contributed by atoms with Gasteiger partial charge in [-0.1, -0.05) is 23.9 Å². The lowest BCUT2D eigenvalue weighted by atomic mass is 9.93. The molecule has 0 spiro atoms. The van der Waals surface area contributed by atoms with Gasteiger partial charge in [0, 0.05) is 18.8 Å². The number of ether oxygens (including phenoxy) is 2. The third kappa shape index (κ3) is 4.21. The number of amides is 1. The molecule has 4 rings (SSSR count). The van der Waals surface area contributed by atoms with Crippen LogP contribution in [0.15, 0.2) is 51.6 Å². The average Bonchev–Trinajstić information content (AvgIpc) is 3.43. The molecule has 164 valence electrons. The molecule has 8 heteroatoms. The number of benzene rings is 1. The fourth-order valence-corrected chi connectivity index (χ4v) is 5.16. The molecule has 3 aliphatic heterocycles. The topological polar surface area (TPSA) is 71.4 Å². The number of amidine groups is 1. The average molecular weight is 442 g/mol. The fourth-order valence-electron chi connectivity index (χ4n) is 4.20. The summed E-state index contributed by atoms with van der Waals surface area (Å²) in [5.41, 5.74) is 2.85. The zero-order valence-corrected chi connectivity index (χ0v) is 18.9. The van der Waals surface area contributed by atoms with E-state index in [-0.39, 0.29) is 18.9 Å². The molecule has 0 radical (unpaired) electrons. The van der Waals surface area contributed by atoms with Crippen LogP contribution < -0.4 is 4.74 Å². The number of methoxy groups -OCH3 is 1. The largest absolute Gasteiger partial charge is 0.497 e. The smallest absolute Gasteiger partial charge is 0.338 e. The number of carbonyl (C=O) groups excluding carboxylic acids is 2. The van der Waals surface area contributed by atoms with E-state index in [1.807, 2.05) is 46.4 Å². The fraction of sp³-hybridized carbons (Fsp3) is 0.435. The SMILES string of the molecule is CCOC(=O)C1=C(C)N=C2SC=C(CC(=O)N3CCCC3)N2[C@@H]1c1cccc(OC)c1. The second-order valence-corrected chi connectivity index (χ2v) is 8.49. The summed E-state index contributed by atoms with van der Waals surface area (Å²) in [5, 5.41) is 2.74. The number of hydrogen-bond acceptors (Lipinski definition) is 7. The first-order valence-corrected chi connectivity index (χ1v) is 11.4. The van der Waals surface area contributed by atoms with Crippen LogP contribution in [0.5, 0.6) is 5.75 Å². The lowest BCUT2D eigenvalue weighted by Crippen LogP contribution is -2.38. The van der Waals surface area contributed by atoms with Crippen molar-refractivity contribution < 1.29 is 19.1 Å². The van der Waals surface area contributed by atoms with E-state index in [1.165, 1.54) is 11.8 Å². The predicted molar refractivity (Wildman–Crippen MR) is 120 cm³/mol. The van der Waals surface area contributed by atoms with Crippen molar-refractivity contribution in [2.45, 2.75) is 39.2 Å². The van der Waals surface area contributed by atoms with Gasteiger partial charge in [0.05, 0.1) is 37.4 Å². The Morgan fingerprint density at radius 2 is 2.03 bits per heavy atom. The molecule has 1 fully saturated rings. The highest BCUT2D eigenvalue weighted by molar-refractivity contribution is 8.16. The van der Waals surface area contributed by atoms with Gasteiger partial charge in [-0.05, 0) is 49.8 Å². The summed E-state index contributed by atoms with van der Waals surface area (Å²) in [7, 11) is 1.62. The number of likely N-dealkylation sites (tertiary alicyclic amines) is 1. The molecule has 7 nitrogen and oxygen atoms in total. The van der Waals surface area contributed by atoms with Crippen LogP contribution >= 0.6 is 11.8 Å².